The SMILES string of the molecule is CCn1c(N)c(NCCC(C)O)c(=O)[nH]c1=O. The van der Waals surface area contributed by atoms with Gasteiger partial charge in [-0.1, -0.05) is 0 Å². The zero-order valence-corrected chi connectivity index (χ0v) is 9.99. The van der Waals surface area contributed by atoms with Crippen LogP contribution in [-0.4, -0.2) is 27.3 Å². The molecule has 96 valence electrons. The number of aromatic amines is 1. The second-order valence-electron chi connectivity index (χ2n) is 3.83. The summed E-state index contributed by atoms with van der Waals surface area (Å²) in [5.74, 6) is 0.117. The summed E-state index contributed by atoms with van der Waals surface area (Å²) in [6.07, 6.45) is 0.0318. The molecular formula is C10H18N4O3. The van der Waals surface area contributed by atoms with Crippen LogP contribution in [0.4, 0.5) is 11.5 Å². The lowest BCUT2D eigenvalue weighted by Crippen LogP contribution is -2.34. The predicted molar refractivity (Wildman–Crippen MR) is 66.2 cm³/mol. The number of nitrogens with zero attached hydrogens (tertiary/aromatic N) is 1. The van der Waals surface area contributed by atoms with Crippen LogP contribution in [0.2, 0.25) is 0 Å². The number of aromatic nitrogens is 2. The Balaban J connectivity index is 2.99. The summed E-state index contributed by atoms with van der Waals surface area (Å²) >= 11 is 0. The first kappa shape index (κ1) is 13.3. The molecule has 0 saturated carbocycles. The number of hydrogen-bond donors (Lipinski definition) is 4. The Morgan fingerprint density at radius 1 is 1.53 bits per heavy atom. The third-order valence-electron chi connectivity index (χ3n) is 2.42. The van der Waals surface area contributed by atoms with Crippen LogP contribution in [0.3, 0.4) is 0 Å². The molecule has 1 atom stereocenters. The minimum Gasteiger partial charge on any atom is -0.393 e. The van der Waals surface area contributed by atoms with Crippen LogP contribution < -0.4 is 22.3 Å². The Morgan fingerprint density at radius 3 is 2.71 bits per heavy atom. The van der Waals surface area contributed by atoms with Crippen molar-refractivity contribution in [3.63, 3.8) is 0 Å². The molecule has 0 bridgehead atoms. The van der Waals surface area contributed by atoms with Crippen LogP contribution in [0.25, 0.3) is 0 Å². The third-order valence-corrected chi connectivity index (χ3v) is 2.42. The fraction of sp³-hybridized carbons (Fsp3) is 0.600. The maximum atomic E-state index is 11.5. The van der Waals surface area contributed by atoms with E-state index in [-0.39, 0.29) is 11.5 Å². The first-order valence-corrected chi connectivity index (χ1v) is 5.51. The quantitative estimate of drug-likeness (QED) is 0.546. The summed E-state index contributed by atoms with van der Waals surface area (Å²) in [5, 5.41) is 11.9. The normalized spacial score (nSPS) is 12.4. The van der Waals surface area contributed by atoms with Crippen molar-refractivity contribution in [2.45, 2.75) is 32.9 Å². The highest BCUT2D eigenvalue weighted by Gasteiger charge is 2.10. The molecular weight excluding hydrogens is 224 g/mol. The van der Waals surface area contributed by atoms with Gasteiger partial charge < -0.3 is 16.2 Å². The molecule has 0 spiro atoms. The number of aliphatic hydroxyl groups is 1. The van der Waals surface area contributed by atoms with E-state index in [0.29, 0.717) is 19.5 Å². The molecule has 0 aliphatic heterocycles. The van der Waals surface area contributed by atoms with Gasteiger partial charge in [0, 0.05) is 13.1 Å². The number of aliphatic hydroxyl groups excluding tert-OH is 1. The maximum Gasteiger partial charge on any atom is 0.330 e. The summed E-state index contributed by atoms with van der Waals surface area (Å²) in [6, 6.07) is 0. The van der Waals surface area contributed by atoms with Crippen molar-refractivity contribution >= 4 is 11.5 Å². The van der Waals surface area contributed by atoms with Gasteiger partial charge in [-0.2, -0.15) is 0 Å². The Morgan fingerprint density at radius 2 is 2.18 bits per heavy atom. The highest BCUT2D eigenvalue weighted by Crippen LogP contribution is 2.09. The van der Waals surface area contributed by atoms with Gasteiger partial charge in [0.15, 0.2) is 0 Å². The van der Waals surface area contributed by atoms with Gasteiger partial charge in [0.05, 0.1) is 6.10 Å². The third kappa shape index (κ3) is 3.10. The molecule has 0 aromatic carbocycles. The monoisotopic (exact) mass is 242 g/mol. The molecule has 1 heterocycles. The van der Waals surface area contributed by atoms with E-state index < -0.39 is 17.4 Å². The Labute approximate surface area is 98.3 Å². The van der Waals surface area contributed by atoms with Crippen LogP contribution in [0.1, 0.15) is 20.3 Å². The summed E-state index contributed by atoms with van der Waals surface area (Å²) in [4.78, 5) is 25.1. The van der Waals surface area contributed by atoms with Crippen LogP contribution in [0, 0.1) is 0 Å². The fourth-order valence-corrected chi connectivity index (χ4v) is 1.48. The first-order chi connectivity index (χ1) is 7.97. The molecule has 0 radical (unpaired) electrons. The fourth-order valence-electron chi connectivity index (χ4n) is 1.48. The van der Waals surface area contributed by atoms with E-state index in [9.17, 15) is 9.59 Å². The second-order valence-corrected chi connectivity index (χ2v) is 3.83. The lowest BCUT2D eigenvalue weighted by Gasteiger charge is -2.12. The van der Waals surface area contributed by atoms with E-state index >= 15 is 0 Å². The summed E-state index contributed by atoms with van der Waals surface area (Å²) in [6.45, 7) is 4.21. The van der Waals surface area contributed by atoms with Gasteiger partial charge in [-0.25, -0.2) is 4.79 Å². The molecule has 0 saturated heterocycles. The minimum atomic E-state index is -0.539. The Bertz CT molecular complexity index is 489. The molecule has 0 aliphatic carbocycles. The van der Waals surface area contributed by atoms with E-state index in [1.807, 2.05) is 0 Å². The Hall–Kier alpha value is -1.76. The van der Waals surface area contributed by atoms with E-state index in [2.05, 4.69) is 10.3 Å². The van der Waals surface area contributed by atoms with Crippen molar-refractivity contribution in [3.05, 3.63) is 20.8 Å². The molecule has 0 aliphatic rings. The molecule has 1 rings (SSSR count). The minimum absolute atomic E-state index is 0.117. The smallest absolute Gasteiger partial charge is 0.330 e. The number of H-pyrrole nitrogens is 1. The highest BCUT2D eigenvalue weighted by atomic mass is 16.3. The van der Waals surface area contributed by atoms with E-state index in [1.54, 1.807) is 13.8 Å². The van der Waals surface area contributed by atoms with Crippen molar-refractivity contribution in [3.8, 4) is 0 Å². The van der Waals surface area contributed by atoms with Crippen molar-refractivity contribution in [2.24, 2.45) is 0 Å². The van der Waals surface area contributed by atoms with Gasteiger partial charge in [0.1, 0.15) is 11.5 Å². The average Bonchev–Trinajstić information content (AvgIpc) is 2.22. The molecule has 1 unspecified atom stereocenters. The topological polar surface area (TPSA) is 113 Å². The molecule has 0 fully saturated rings. The summed E-state index contributed by atoms with van der Waals surface area (Å²) < 4.78 is 1.27. The second kappa shape index (κ2) is 5.53. The standard InChI is InChI=1S/C10H18N4O3/c1-3-14-8(11)7(9(16)13-10(14)17)12-5-4-6(2)15/h6,12,15H,3-5,11H2,1-2H3,(H,13,16,17). The van der Waals surface area contributed by atoms with Crippen LogP contribution in [-0.2, 0) is 6.54 Å². The lowest BCUT2D eigenvalue weighted by atomic mass is 10.3. The van der Waals surface area contributed by atoms with Crippen molar-refractivity contribution in [2.75, 3.05) is 17.6 Å². The van der Waals surface area contributed by atoms with Crippen LogP contribution in [0.5, 0.6) is 0 Å². The van der Waals surface area contributed by atoms with Gasteiger partial charge in [-0.3, -0.25) is 14.3 Å². The largest absolute Gasteiger partial charge is 0.393 e. The predicted octanol–water partition coefficient (Wildman–Crippen LogP) is -0.678. The van der Waals surface area contributed by atoms with E-state index in [4.69, 9.17) is 10.8 Å². The van der Waals surface area contributed by atoms with Gasteiger partial charge in [-0.05, 0) is 20.3 Å². The Kier molecular flexibility index (Phi) is 4.33. The lowest BCUT2D eigenvalue weighted by molar-refractivity contribution is 0.188. The molecule has 1 aromatic heterocycles. The first-order valence-electron chi connectivity index (χ1n) is 5.51. The molecule has 17 heavy (non-hydrogen) atoms. The number of nitrogens with two attached hydrogens (primary N) is 1. The summed E-state index contributed by atoms with van der Waals surface area (Å²) in [7, 11) is 0. The van der Waals surface area contributed by atoms with E-state index in [0.717, 1.165) is 0 Å². The summed E-state index contributed by atoms with van der Waals surface area (Å²) in [5.41, 5.74) is 4.85. The molecule has 1 aromatic rings. The molecule has 0 amide bonds. The molecule has 7 nitrogen and oxygen atoms in total. The number of nitrogen functional groups attached to an aromatic ring is 1. The number of hydrogen-bond acceptors (Lipinski definition) is 5. The van der Waals surface area contributed by atoms with Crippen molar-refractivity contribution < 1.29 is 5.11 Å². The average molecular weight is 242 g/mol. The molecule has 7 heteroatoms. The van der Waals surface area contributed by atoms with Gasteiger partial charge in [0.2, 0.25) is 0 Å². The van der Waals surface area contributed by atoms with Crippen LogP contribution >= 0.6 is 0 Å². The highest BCUT2D eigenvalue weighted by molar-refractivity contribution is 5.60. The number of anilines is 2. The van der Waals surface area contributed by atoms with Gasteiger partial charge in [-0.15, -0.1) is 0 Å². The number of rotatable bonds is 5. The van der Waals surface area contributed by atoms with Crippen molar-refractivity contribution in [1.82, 2.24) is 9.55 Å². The van der Waals surface area contributed by atoms with Gasteiger partial charge >= 0.3 is 5.69 Å². The zero-order chi connectivity index (χ0) is 13.0. The van der Waals surface area contributed by atoms with Crippen LogP contribution in [0.15, 0.2) is 9.59 Å². The maximum absolute atomic E-state index is 11.5. The van der Waals surface area contributed by atoms with Gasteiger partial charge in [0.25, 0.3) is 5.56 Å². The van der Waals surface area contributed by atoms with Crippen molar-refractivity contribution in [1.29, 1.82) is 0 Å². The molecule has 5 N–H and O–H groups in total. The number of nitrogens with one attached hydrogen (secondary N) is 2. The zero-order valence-electron chi connectivity index (χ0n) is 9.99. The van der Waals surface area contributed by atoms with E-state index in [1.165, 1.54) is 4.57 Å².